The van der Waals surface area contributed by atoms with Gasteiger partial charge in [-0.25, -0.2) is 0 Å². The molecule has 0 aliphatic carbocycles. The zero-order valence-corrected chi connectivity index (χ0v) is 11.7. The first kappa shape index (κ1) is 15.1. The van der Waals surface area contributed by atoms with Crippen LogP contribution in [0.5, 0.6) is 0 Å². The molecule has 0 aliphatic rings. The van der Waals surface area contributed by atoms with Crippen LogP contribution >= 0.6 is 7.60 Å². The summed E-state index contributed by atoms with van der Waals surface area (Å²) in [6, 6.07) is 0.228. The highest BCUT2D eigenvalue weighted by Crippen LogP contribution is 2.50. The predicted molar refractivity (Wildman–Crippen MR) is 63.1 cm³/mol. The minimum Gasteiger partial charge on any atom is -0.311 e. The summed E-state index contributed by atoms with van der Waals surface area (Å²) in [5.74, 6) is -0.304. The van der Waals surface area contributed by atoms with Crippen LogP contribution in [0.4, 0.5) is 0 Å². The van der Waals surface area contributed by atoms with Crippen LogP contribution in [-0.4, -0.2) is 26.0 Å². The van der Waals surface area contributed by atoms with Gasteiger partial charge in [0.05, 0.1) is 0 Å². The molecule has 2 atom stereocenters. The maximum absolute atomic E-state index is 12.0. The molecular formula is C10H24NO3P. The zero-order valence-electron chi connectivity index (χ0n) is 10.8. The first-order valence-corrected chi connectivity index (χ1v) is 6.75. The van der Waals surface area contributed by atoms with E-state index >= 15 is 0 Å². The van der Waals surface area contributed by atoms with Gasteiger partial charge in [-0.15, -0.1) is 0 Å². The van der Waals surface area contributed by atoms with Crippen molar-refractivity contribution in [1.29, 1.82) is 0 Å². The van der Waals surface area contributed by atoms with Gasteiger partial charge in [0.2, 0.25) is 0 Å². The normalized spacial score (nSPS) is 17.5. The molecule has 0 aromatic carbocycles. The van der Waals surface area contributed by atoms with Crippen molar-refractivity contribution in [1.82, 2.24) is 5.32 Å². The minimum atomic E-state index is -3.01. The zero-order chi connectivity index (χ0) is 12.3. The fraction of sp³-hybridized carbons (Fsp3) is 1.00. The average molecular weight is 237 g/mol. The third-order valence-corrected chi connectivity index (χ3v) is 4.89. The number of hydrogen-bond donors (Lipinski definition) is 1. The van der Waals surface area contributed by atoms with Crippen LogP contribution < -0.4 is 5.32 Å². The summed E-state index contributed by atoms with van der Waals surface area (Å²) < 4.78 is 21.9. The Balaban J connectivity index is 4.49. The Morgan fingerprint density at radius 2 is 1.53 bits per heavy atom. The van der Waals surface area contributed by atoms with E-state index in [0.717, 1.165) is 0 Å². The molecular weight excluding hydrogens is 213 g/mol. The molecule has 0 fully saturated rings. The van der Waals surface area contributed by atoms with Gasteiger partial charge in [-0.05, 0) is 19.3 Å². The van der Waals surface area contributed by atoms with E-state index in [9.17, 15) is 4.57 Å². The molecule has 5 heteroatoms. The number of nitrogens with one attached hydrogen (secondary N) is 1. The monoisotopic (exact) mass is 237 g/mol. The molecule has 0 amide bonds. The molecule has 0 heterocycles. The summed E-state index contributed by atoms with van der Waals surface area (Å²) in [7, 11) is -0.193. The van der Waals surface area contributed by atoms with Gasteiger partial charge in [0, 0.05) is 20.3 Å². The summed E-state index contributed by atoms with van der Waals surface area (Å²) in [6.07, 6.45) is 0. The molecule has 15 heavy (non-hydrogen) atoms. The fourth-order valence-corrected chi connectivity index (χ4v) is 2.28. The van der Waals surface area contributed by atoms with Crippen molar-refractivity contribution in [3.63, 3.8) is 0 Å². The van der Waals surface area contributed by atoms with Gasteiger partial charge in [0.1, 0.15) is 5.78 Å². The topological polar surface area (TPSA) is 47.6 Å². The van der Waals surface area contributed by atoms with Crippen LogP contribution in [0.2, 0.25) is 0 Å². The quantitative estimate of drug-likeness (QED) is 0.747. The molecule has 0 unspecified atom stereocenters. The van der Waals surface area contributed by atoms with E-state index in [1.807, 2.05) is 6.92 Å². The van der Waals surface area contributed by atoms with E-state index in [1.54, 1.807) is 0 Å². The van der Waals surface area contributed by atoms with Gasteiger partial charge < -0.3 is 14.4 Å². The van der Waals surface area contributed by atoms with Crippen molar-refractivity contribution in [3.05, 3.63) is 0 Å². The van der Waals surface area contributed by atoms with Crippen LogP contribution in [0, 0.1) is 5.41 Å². The van der Waals surface area contributed by atoms with E-state index in [-0.39, 0.29) is 17.2 Å². The van der Waals surface area contributed by atoms with Crippen LogP contribution in [0.25, 0.3) is 0 Å². The molecule has 1 N–H and O–H groups in total. The van der Waals surface area contributed by atoms with Crippen LogP contribution in [0.1, 0.15) is 34.6 Å². The number of hydrogen-bond acceptors (Lipinski definition) is 4. The van der Waals surface area contributed by atoms with Gasteiger partial charge in [-0.1, -0.05) is 20.8 Å². The van der Waals surface area contributed by atoms with Gasteiger partial charge >= 0.3 is 7.60 Å². The summed E-state index contributed by atoms with van der Waals surface area (Å²) in [5.41, 5.74) is 0.112. The largest absolute Gasteiger partial charge is 0.346 e. The molecule has 0 aromatic rings. The van der Waals surface area contributed by atoms with Crippen LogP contribution in [0.15, 0.2) is 0 Å². The maximum atomic E-state index is 12.0. The van der Waals surface area contributed by atoms with Crippen molar-refractivity contribution in [2.45, 2.75) is 46.4 Å². The first-order chi connectivity index (χ1) is 6.67. The Labute approximate surface area is 93.3 Å². The van der Waals surface area contributed by atoms with Crippen molar-refractivity contribution >= 4 is 7.60 Å². The lowest BCUT2D eigenvalue weighted by Crippen LogP contribution is -2.42. The van der Waals surface area contributed by atoms with Crippen molar-refractivity contribution < 1.29 is 13.6 Å². The third kappa shape index (κ3) is 4.23. The SMILES string of the molecule is COP(=O)(OC)[C@@H](C)N[C@@H](C)C(C)(C)C. The van der Waals surface area contributed by atoms with Crippen molar-refractivity contribution in [3.8, 4) is 0 Å². The molecule has 0 aliphatic heterocycles. The fourth-order valence-electron chi connectivity index (χ4n) is 1.09. The van der Waals surface area contributed by atoms with Crippen LogP contribution in [-0.2, 0) is 13.6 Å². The number of rotatable bonds is 5. The predicted octanol–water partition coefficient (Wildman–Crippen LogP) is 2.84. The van der Waals surface area contributed by atoms with Gasteiger partial charge in [0.25, 0.3) is 0 Å². The smallest absolute Gasteiger partial charge is 0.311 e. The molecule has 4 nitrogen and oxygen atoms in total. The average Bonchev–Trinajstić information content (AvgIpc) is 2.14. The lowest BCUT2D eigenvalue weighted by Gasteiger charge is -2.32. The molecule has 0 bridgehead atoms. The molecule has 0 aromatic heterocycles. The minimum absolute atomic E-state index is 0.112. The standard InChI is InChI=1S/C10H24NO3P/c1-8(10(3,4)5)11-9(2)15(12,13-6)14-7/h8-9,11H,1-7H3/t8-,9-/m0/s1. The summed E-state index contributed by atoms with van der Waals surface area (Å²) >= 11 is 0. The Hall–Kier alpha value is 0.110. The molecule has 0 spiro atoms. The lowest BCUT2D eigenvalue weighted by molar-refractivity contribution is 0.237. The second kappa shape index (κ2) is 5.44. The van der Waals surface area contributed by atoms with Gasteiger partial charge in [-0.3, -0.25) is 4.57 Å². The van der Waals surface area contributed by atoms with E-state index in [4.69, 9.17) is 9.05 Å². The highest BCUT2D eigenvalue weighted by molar-refractivity contribution is 7.54. The molecule has 0 radical (unpaired) electrons. The van der Waals surface area contributed by atoms with E-state index in [1.165, 1.54) is 14.2 Å². The van der Waals surface area contributed by atoms with Gasteiger partial charge in [-0.2, -0.15) is 0 Å². The van der Waals surface area contributed by atoms with Crippen molar-refractivity contribution in [2.75, 3.05) is 14.2 Å². The summed E-state index contributed by atoms with van der Waals surface area (Å²) in [4.78, 5) is 0. The van der Waals surface area contributed by atoms with E-state index < -0.39 is 7.60 Å². The Morgan fingerprint density at radius 3 is 1.80 bits per heavy atom. The Kier molecular flexibility index (Phi) is 5.48. The Morgan fingerprint density at radius 1 is 1.13 bits per heavy atom. The van der Waals surface area contributed by atoms with Crippen LogP contribution in [0.3, 0.4) is 0 Å². The highest BCUT2D eigenvalue weighted by atomic mass is 31.2. The first-order valence-electron chi connectivity index (χ1n) is 5.14. The van der Waals surface area contributed by atoms with E-state index in [0.29, 0.717) is 0 Å². The lowest BCUT2D eigenvalue weighted by atomic mass is 9.88. The maximum Gasteiger partial charge on any atom is 0.346 e. The Bertz CT molecular complexity index is 229. The second-order valence-corrected chi connectivity index (χ2v) is 7.42. The summed E-state index contributed by atoms with van der Waals surface area (Å²) in [5, 5.41) is 3.25. The molecule has 0 saturated heterocycles. The van der Waals surface area contributed by atoms with Gasteiger partial charge in [0.15, 0.2) is 0 Å². The van der Waals surface area contributed by atoms with E-state index in [2.05, 4.69) is 33.0 Å². The molecule has 92 valence electrons. The highest BCUT2D eigenvalue weighted by Gasteiger charge is 2.33. The third-order valence-electron chi connectivity index (χ3n) is 2.77. The summed E-state index contributed by atoms with van der Waals surface area (Å²) in [6.45, 7) is 10.3. The van der Waals surface area contributed by atoms with Crippen molar-refractivity contribution in [2.24, 2.45) is 5.41 Å². The molecule has 0 rings (SSSR count). The second-order valence-electron chi connectivity index (χ2n) is 4.84. The molecule has 0 saturated carbocycles.